The second-order valence-electron chi connectivity index (χ2n) is 9.57. The number of nitrogens with zero attached hydrogens (tertiary/aromatic N) is 3. The van der Waals surface area contributed by atoms with Crippen molar-refractivity contribution in [3.63, 3.8) is 0 Å². The first-order valence-corrected chi connectivity index (χ1v) is 12.8. The van der Waals surface area contributed by atoms with Crippen LogP contribution in [0.15, 0.2) is 79.5 Å². The molecule has 1 aliphatic rings. The summed E-state index contributed by atoms with van der Waals surface area (Å²) in [5, 5.41) is 5.21. The van der Waals surface area contributed by atoms with Crippen molar-refractivity contribution >= 4 is 28.5 Å². The summed E-state index contributed by atoms with van der Waals surface area (Å²) >= 11 is 0. The molecule has 1 saturated carbocycles. The van der Waals surface area contributed by atoms with Crippen molar-refractivity contribution in [2.24, 2.45) is 13.0 Å². The standard InChI is InChI=1S/C31H30FN3O3/c1-3-30(36)38-27-11-7-10-26(18-27)35(31(37)21-8-5-4-6-9-21)20-24-13-12-23(17-28(24)32)22-14-15-29-25(16-22)19-33-34(29)2/h3,7,10-19,21H,1,4-6,8-9,20H2,2H3/i20D. The number of carbonyl (C=O) groups is 2. The van der Waals surface area contributed by atoms with E-state index in [1.165, 1.54) is 17.0 Å². The van der Waals surface area contributed by atoms with Crippen LogP contribution in [0.1, 0.15) is 39.0 Å². The molecule has 0 spiro atoms. The van der Waals surface area contributed by atoms with Crippen LogP contribution in [-0.2, 0) is 23.2 Å². The minimum absolute atomic E-state index is 0.0823. The van der Waals surface area contributed by atoms with Crippen molar-refractivity contribution in [2.75, 3.05) is 4.90 Å². The maximum absolute atomic E-state index is 15.6. The lowest BCUT2D eigenvalue weighted by Gasteiger charge is -2.30. The van der Waals surface area contributed by atoms with E-state index in [-0.39, 0.29) is 23.1 Å². The molecule has 1 heterocycles. The number of fused-ring (bicyclic) bond motifs is 1. The van der Waals surface area contributed by atoms with Crippen LogP contribution in [0.3, 0.4) is 0 Å². The van der Waals surface area contributed by atoms with E-state index in [4.69, 9.17) is 6.11 Å². The molecule has 6 nitrogen and oxygen atoms in total. The predicted octanol–water partition coefficient (Wildman–Crippen LogP) is 6.58. The van der Waals surface area contributed by atoms with Crippen LogP contribution < -0.4 is 9.64 Å². The quantitative estimate of drug-likeness (QED) is 0.159. The first kappa shape index (κ1) is 24.1. The number of anilines is 1. The molecule has 1 aromatic heterocycles. The number of amides is 1. The molecule has 5 rings (SSSR count). The average Bonchev–Trinajstić information content (AvgIpc) is 3.33. The van der Waals surface area contributed by atoms with Crippen molar-refractivity contribution in [2.45, 2.75) is 38.6 Å². The normalized spacial score (nSPS) is 15.1. The van der Waals surface area contributed by atoms with Crippen LogP contribution in [0.4, 0.5) is 10.1 Å². The van der Waals surface area contributed by atoms with Gasteiger partial charge in [-0.05, 0) is 54.3 Å². The van der Waals surface area contributed by atoms with Crippen molar-refractivity contribution in [3.8, 4) is 16.9 Å². The van der Waals surface area contributed by atoms with Crippen LogP contribution in [0.5, 0.6) is 5.75 Å². The number of ether oxygens (including phenoxy) is 1. The Morgan fingerprint density at radius 3 is 2.66 bits per heavy atom. The molecule has 0 N–H and O–H groups in total. The Morgan fingerprint density at radius 1 is 1.13 bits per heavy atom. The summed E-state index contributed by atoms with van der Waals surface area (Å²) in [6.07, 6.45) is 7.22. The maximum Gasteiger partial charge on any atom is 0.335 e. The molecule has 0 saturated heterocycles. The molecule has 1 amide bonds. The molecule has 4 aromatic rings. The fraction of sp³-hybridized carbons (Fsp3) is 0.258. The number of rotatable bonds is 7. The Labute approximate surface area is 222 Å². The zero-order valence-electron chi connectivity index (χ0n) is 22.3. The fourth-order valence-electron chi connectivity index (χ4n) is 4.96. The summed E-state index contributed by atoms with van der Waals surface area (Å²) in [7, 11) is 1.87. The number of aromatic nitrogens is 2. The number of hydrogen-bond donors (Lipinski definition) is 0. The molecule has 1 aliphatic carbocycles. The van der Waals surface area contributed by atoms with Crippen molar-refractivity contribution in [1.29, 1.82) is 0 Å². The molecule has 1 fully saturated rings. The van der Waals surface area contributed by atoms with Gasteiger partial charge >= 0.3 is 5.97 Å². The molecule has 1 atom stereocenters. The third-order valence-corrected chi connectivity index (χ3v) is 7.02. The van der Waals surface area contributed by atoms with Gasteiger partial charge in [-0.1, -0.05) is 50.1 Å². The molecule has 0 bridgehead atoms. The van der Waals surface area contributed by atoms with Crippen LogP contribution in [0, 0.1) is 11.7 Å². The van der Waals surface area contributed by atoms with E-state index < -0.39 is 18.3 Å². The van der Waals surface area contributed by atoms with Crippen LogP contribution in [-0.4, -0.2) is 21.7 Å². The van der Waals surface area contributed by atoms with E-state index in [0.29, 0.717) is 11.3 Å². The number of carbonyl (C=O) groups excluding carboxylic acids is 2. The lowest BCUT2D eigenvalue weighted by atomic mass is 9.88. The smallest absolute Gasteiger partial charge is 0.335 e. The Bertz CT molecular complexity index is 1540. The van der Waals surface area contributed by atoms with Crippen molar-refractivity contribution in [3.05, 3.63) is 90.9 Å². The average molecular weight is 513 g/mol. The summed E-state index contributed by atoms with van der Waals surface area (Å²) in [4.78, 5) is 26.9. The van der Waals surface area contributed by atoms with Crippen LogP contribution in [0.25, 0.3) is 22.0 Å². The number of benzene rings is 3. The SMILES string of the molecule is [2H]C(c1ccc(-c2ccc3c(cnn3C)c2)cc1F)N(C(=O)C1CCCCC1)c1cccc(OC(=O)C=C)c1. The van der Waals surface area contributed by atoms with E-state index in [0.717, 1.165) is 54.6 Å². The molecular weight excluding hydrogens is 481 g/mol. The van der Waals surface area contributed by atoms with Gasteiger partial charge in [0.1, 0.15) is 11.6 Å². The molecule has 7 heteroatoms. The Hall–Kier alpha value is -4.26. The van der Waals surface area contributed by atoms with Gasteiger partial charge in [0.15, 0.2) is 0 Å². The van der Waals surface area contributed by atoms with E-state index in [2.05, 4.69) is 11.7 Å². The number of hydrogen-bond acceptors (Lipinski definition) is 4. The Balaban J connectivity index is 1.50. The van der Waals surface area contributed by atoms with E-state index in [1.54, 1.807) is 41.2 Å². The van der Waals surface area contributed by atoms with Gasteiger partial charge in [-0.3, -0.25) is 9.48 Å². The molecule has 38 heavy (non-hydrogen) atoms. The molecular formula is C31H30FN3O3. The van der Waals surface area contributed by atoms with Gasteiger partial charge in [0, 0.05) is 41.7 Å². The predicted molar refractivity (Wildman–Crippen MR) is 146 cm³/mol. The first-order chi connectivity index (χ1) is 18.9. The van der Waals surface area contributed by atoms with Gasteiger partial charge < -0.3 is 9.64 Å². The van der Waals surface area contributed by atoms with Gasteiger partial charge in [0.25, 0.3) is 0 Å². The number of aryl methyl sites for hydroxylation is 1. The molecule has 0 radical (unpaired) electrons. The first-order valence-electron chi connectivity index (χ1n) is 13.3. The van der Waals surface area contributed by atoms with Gasteiger partial charge in [0.05, 0.1) is 19.6 Å². The highest BCUT2D eigenvalue weighted by molar-refractivity contribution is 5.95. The minimum Gasteiger partial charge on any atom is -0.423 e. The maximum atomic E-state index is 15.6. The Morgan fingerprint density at radius 2 is 1.89 bits per heavy atom. The summed E-state index contributed by atoms with van der Waals surface area (Å²) in [5.74, 6) is -1.47. The monoisotopic (exact) mass is 512 g/mol. The molecule has 3 aromatic carbocycles. The van der Waals surface area contributed by atoms with E-state index in [1.807, 2.05) is 25.2 Å². The van der Waals surface area contributed by atoms with Crippen LogP contribution in [0.2, 0.25) is 0 Å². The molecule has 194 valence electrons. The van der Waals surface area contributed by atoms with Crippen molar-refractivity contribution < 1.29 is 20.1 Å². The third kappa shape index (κ3) is 5.37. The highest BCUT2D eigenvalue weighted by Gasteiger charge is 2.28. The fourth-order valence-corrected chi connectivity index (χ4v) is 4.96. The number of esters is 1. The van der Waals surface area contributed by atoms with Gasteiger partial charge in [-0.2, -0.15) is 5.10 Å². The third-order valence-electron chi connectivity index (χ3n) is 7.02. The van der Waals surface area contributed by atoms with Crippen molar-refractivity contribution in [1.82, 2.24) is 9.78 Å². The largest absolute Gasteiger partial charge is 0.423 e. The highest BCUT2D eigenvalue weighted by Crippen LogP contribution is 2.32. The highest BCUT2D eigenvalue weighted by atomic mass is 19.1. The molecule has 0 aliphatic heterocycles. The lowest BCUT2D eigenvalue weighted by molar-refractivity contribution is -0.129. The van der Waals surface area contributed by atoms with Gasteiger partial charge in [-0.15, -0.1) is 0 Å². The molecule has 1 unspecified atom stereocenters. The van der Waals surface area contributed by atoms with E-state index >= 15 is 4.39 Å². The summed E-state index contributed by atoms with van der Waals surface area (Å²) in [6, 6.07) is 17.0. The summed E-state index contributed by atoms with van der Waals surface area (Å²) < 4.78 is 31.7. The van der Waals surface area contributed by atoms with Gasteiger partial charge in [0.2, 0.25) is 5.91 Å². The van der Waals surface area contributed by atoms with E-state index in [9.17, 15) is 9.59 Å². The minimum atomic E-state index is -1.33. The second kappa shape index (κ2) is 11.0. The number of halogens is 1. The summed E-state index contributed by atoms with van der Waals surface area (Å²) in [5.41, 5.74) is 2.91. The zero-order chi connectivity index (χ0) is 27.5. The second-order valence-corrected chi connectivity index (χ2v) is 9.57. The lowest BCUT2D eigenvalue weighted by Crippen LogP contribution is -2.37. The van der Waals surface area contributed by atoms with Crippen LogP contribution >= 0.6 is 0 Å². The summed E-state index contributed by atoms with van der Waals surface area (Å²) in [6.45, 7) is 2.08. The zero-order valence-corrected chi connectivity index (χ0v) is 21.3. The van der Waals surface area contributed by atoms with Gasteiger partial charge in [-0.25, -0.2) is 9.18 Å². The Kier molecular flexibility index (Phi) is 6.98. The topological polar surface area (TPSA) is 64.4 Å².